The molecule has 5 nitrogen and oxygen atoms in total. The van der Waals surface area contributed by atoms with Gasteiger partial charge in [-0.05, 0) is 37.1 Å². The molecule has 2 atom stereocenters. The molecule has 1 fully saturated rings. The normalized spacial score (nSPS) is 24.1. The van der Waals surface area contributed by atoms with Gasteiger partial charge in [0.05, 0.1) is 10.8 Å². The predicted octanol–water partition coefficient (Wildman–Crippen LogP) is 1.22. The van der Waals surface area contributed by atoms with Crippen molar-refractivity contribution in [2.45, 2.75) is 23.8 Å². The number of sulfone groups is 1. The van der Waals surface area contributed by atoms with Gasteiger partial charge in [0, 0.05) is 12.3 Å². The fraction of sp³-hybridized carbons (Fsp3) is 0.462. The van der Waals surface area contributed by atoms with Crippen LogP contribution < -0.4 is 5.32 Å². The third kappa shape index (κ3) is 3.33. The molecule has 0 aliphatic carbocycles. The van der Waals surface area contributed by atoms with E-state index in [9.17, 15) is 13.2 Å². The van der Waals surface area contributed by atoms with Gasteiger partial charge in [0.1, 0.15) is 0 Å². The highest BCUT2D eigenvalue weighted by Gasteiger charge is 2.27. The summed E-state index contributed by atoms with van der Waals surface area (Å²) in [6.45, 7) is 0.662. The zero-order valence-electron chi connectivity index (χ0n) is 10.7. The fourth-order valence-corrected chi connectivity index (χ4v) is 2.97. The summed E-state index contributed by atoms with van der Waals surface area (Å²) >= 11 is 0. The number of carbonyl (C=O) groups is 1. The topological polar surface area (TPSA) is 83.5 Å². The van der Waals surface area contributed by atoms with Crippen molar-refractivity contribution >= 4 is 15.8 Å². The molecular formula is C13H17NO4S. The van der Waals surface area contributed by atoms with Gasteiger partial charge in [-0.15, -0.1) is 0 Å². The van der Waals surface area contributed by atoms with Crippen molar-refractivity contribution in [3.63, 3.8) is 0 Å². The van der Waals surface area contributed by atoms with E-state index in [1.807, 2.05) is 0 Å². The van der Waals surface area contributed by atoms with Gasteiger partial charge < -0.3 is 10.4 Å². The maximum absolute atomic E-state index is 11.4. The van der Waals surface area contributed by atoms with Crippen LogP contribution in [0.3, 0.4) is 0 Å². The van der Waals surface area contributed by atoms with Gasteiger partial charge in [0.2, 0.25) is 0 Å². The smallest absolute Gasteiger partial charge is 0.306 e. The van der Waals surface area contributed by atoms with Gasteiger partial charge in [0.25, 0.3) is 0 Å². The van der Waals surface area contributed by atoms with Crippen LogP contribution in [0.4, 0.5) is 0 Å². The van der Waals surface area contributed by atoms with Crippen molar-refractivity contribution in [1.82, 2.24) is 5.32 Å². The van der Waals surface area contributed by atoms with Crippen molar-refractivity contribution in [2.24, 2.45) is 5.92 Å². The number of nitrogens with one attached hydrogen (secondary N) is 1. The number of aliphatic carboxylic acids is 1. The lowest BCUT2D eigenvalue weighted by molar-refractivity contribution is -0.143. The van der Waals surface area contributed by atoms with E-state index in [0.717, 1.165) is 5.56 Å². The van der Waals surface area contributed by atoms with Crippen LogP contribution in [0.5, 0.6) is 0 Å². The molecule has 0 amide bonds. The average molecular weight is 283 g/mol. The average Bonchev–Trinajstić information content (AvgIpc) is 2.38. The molecule has 2 unspecified atom stereocenters. The molecule has 0 spiro atoms. The number of carboxylic acid groups (broad SMARTS) is 1. The predicted molar refractivity (Wildman–Crippen MR) is 70.7 cm³/mol. The van der Waals surface area contributed by atoms with E-state index < -0.39 is 15.8 Å². The lowest BCUT2D eigenvalue weighted by Gasteiger charge is -2.28. The molecule has 0 radical (unpaired) electrons. The molecule has 2 N–H and O–H groups in total. The number of carboxylic acids is 1. The molecule has 6 heteroatoms. The maximum atomic E-state index is 11.4. The minimum absolute atomic E-state index is 0.0246. The molecule has 1 aromatic rings. The molecule has 1 saturated heterocycles. The largest absolute Gasteiger partial charge is 0.481 e. The Labute approximate surface area is 112 Å². The monoisotopic (exact) mass is 283 g/mol. The van der Waals surface area contributed by atoms with Crippen molar-refractivity contribution < 1.29 is 18.3 Å². The third-order valence-electron chi connectivity index (χ3n) is 3.46. The molecule has 0 saturated carbocycles. The van der Waals surface area contributed by atoms with Crippen LogP contribution in [0.1, 0.15) is 24.4 Å². The molecule has 1 aliphatic heterocycles. The zero-order valence-corrected chi connectivity index (χ0v) is 11.5. The second-order valence-corrected chi connectivity index (χ2v) is 6.92. The molecular weight excluding hydrogens is 266 g/mol. The summed E-state index contributed by atoms with van der Waals surface area (Å²) in [5, 5.41) is 12.3. The number of piperidine rings is 1. The molecule has 19 heavy (non-hydrogen) atoms. The first-order valence-corrected chi connectivity index (χ1v) is 8.03. The van der Waals surface area contributed by atoms with Gasteiger partial charge in [0.15, 0.2) is 9.84 Å². The van der Waals surface area contributed by atoms with Crippen LogP contribution in [-0.4, -0.2) is 32.3 Å². The maximum Gasteiger partial charge on any atom is 0.306 e. The summed E-state index contributed by atoms with van der Waals surface area (Å²) in [5.74, 6) is -1.10. The lowest BCUT2D eigenvalue weighted by Crippen LogP contribution is -2.34. The third-order valence-corrected chi connectivity index (χ3v) is 4.59. The summed E-state index contributed by atoms with van der Waals surface area (Å²) in [6, 6.07) is 6.60. The van der Waals surface area contributed by atoms with E-state index in [2.05, 4.69) is 5.32 Å². The quantitative estimate of drug-likeness (QED) is 0.871. The van der Waals surface area contributed by atoms with Crippen LogP contribution in [0.25, 0.3) is 0 Å². The Balaban J connectivity index is 2.16. The Hall–Kier alpha value is -1.40. The van der Waals surface area contributed by atoms with E-state index in [1.165, 1.54) is 6.26 Å². The molecule has 1 aromatic carbocycles. The van der Waals surface area contributed by atoms with E-state index in [0.29, 0.717) is 19.4 Å². The standard InChI is InChI=1S/C13H17NO4S/c1-19(17,18)11-4-2-9(3-5-11)12-8-10(13(15)16)6-7-14-12/h2-5,10,12,14H,6-8H2,1H3,(H,15,16). The van der Waals surface area contributed by atoms with Crippen LogP contribution in [-0.2, 0) is 14.6 Å². The van der Waals surface area contributed by atoms with Crippen LogP contribution in [0.2, 0.25) is 0 Å². The molecule has 1 aliphatic rings. The minimum atomic E-state index is -3.19. The zero-order chi connectivity index (χ0) is 14.0. The van der Waals surface area contributed by atoms with Crippen LogP contribution >= 0.6 is 0 Å². The summed E-state index contributed by atoms with van der Waals surface area (Å²) in [6.07, 6.45) is 2.34. The first kappa shape index (κ1) is 14.0. The number of rotatable bonds is 3. The molecule has 0 bridgehead atoms. The Kier molecular flexibility index (Phi) is 3.91. The summed E-state index contributed by atoms with van der Waals surface area (Å²) in [4.78, 5) is 11.3. The SMILES string of the molecule is CS(=O)(=O)c1ccc(C2CC(C(=O)O)CCN2)cc1. The van der Waals surface area contributed by atoms with E-state index in [-0.39, 0.29) is 16.9 Å². The van der Waals surface area contributed by atoms with Crippen LogP contribution in [0.15, 0.2) is 29.2 Å². The van der Waals surface area contributed by atoms with Crippen molar-refractivity contribution in [3.8, 4) is 0 Å². The van der Waals surface area contributed by atoms with Crippen molar-refractivity contribution in [1.29, 1.82) is 0 Å². The summed E-state index contributed by atoms with van der Waals surface area (Å²) < 4.78 is 22.7. The summed E-state index contributed by atoms with van der Waals surface area (Å²) in [5.41, 5.74) is 0.929. The highest BCUT2D eigenvalue weighted by Crippen LogP contribution is 2.28. The van der Waals surface area contributed by atoms with Gasteiger partial charge >= 0.3 is 5.97 Å². The highest BCUT2D eigenvalue weighted by atomic mass is 32.2. The second-order valence-electron chi connectivity index (χ2n) is 4.91. The Bertz CT molecular complexity index is 565. The van der Waals surface area contributed by atoms with E-state index >= 15 is 0 Å². The molecule has 2 rings (SSSR count). The van der Waals surface area contributed by atoms with Gasteiger partial charge in [-0.2, -0.15) is 0 Å². The number of benzene rings is 1. The molecule has 1 heterocycles. The number of hydrogen-bond donors (Lipinski definition) is 2. The van der Waals surface area contributed by atoms with E-state index in [1.54, 1.807) is 24.3 Å². The van der Waals surface area contributed by atoms with Crippen molar-refractivity contribution in [2.75, 3.05) is 12.8 Å². The van der Waals surface area contributed by atoms with Gasteiger partial charge in [-0.1, -0.05) is 12.1 Å². The molecule has 0 aromatic heterocycles. The van der Waals surface area contributed by atoms with Crippen LogP contribution in [0, 0.1) is 5.92 Å². The first-order chi connectivity index (χ1) is 8.88. The Morgan fingerprint density at radius 1 is 1.32 bits per heavy atom. The minimum Gasteiger partial charge on any atom is -0.481 e. The lowest BCUT2D eigenvalue weighted by atomic mass is 9.89. The Morgan fingerprint density at radius 2 is 1.95 bits per heavy atom. The van der Waals surface area contributed by atoms with Gasteiger partial charge in [-0.25, -0.2) is 8.42 Å². The highest BCUT2D eigenvalue weighted by molar-refractivity contribution is 7.90. The summed E-state index contributed by atoms with van der Waals surface area (Å²) in [7, 11) is -3.19. The Morgan fingerprint density at radius 3 is 2.47 bits per heavy atom. The molecule has 104 valence electrons. The van der Waals surface area contributed by atoms with Crippen molar-refractivity contribution in [3.05, 3.63) is 29.8 Å². The second kappa shape index (κ2) is 5.30. The van der Waals surface area contributed by atoms with E-state index in [4.69, 9.17) is 5.11 Å². The fourth-order valence-electron chi connectivity index (χ4n) is 2.34. The van der Waals surface area contributed by atoms with Gasteiger partial charge in [-0.3, -0.25) is 4.79 Å². The first-order valence-electron chi connectivity index (χ1n) is 6.14. The number of hydrogen-bond acceptors (Lipinski definition) is 4.